The van der Waals surface area contributed by atoms with Crippen molar-refractivity contribution in [3.8, 4) is 5.75 Å². The zero-order valence-corrected chi connectivity index (χ0v) is 14.3. The Hall–Kier alpha value is -2.60. The van der Waals surface area contributed by atoms with Crippen molar-refractivity contribution in [1.82, 2.24) is 10.3 Å². The summed E-state index contributed by atoms with van der Waals surface area (Å²) < 4.78 is 10.9. The summed E-state index contributed by atoms with van der Waals surface area (Å²) in [7, 11) is 1.62. The fourth-order valence-corrected chi connectivity index (χ4v) is 2.78. The molecular weight excluding hydrogens is 318 g/mol. The lowest BCUT2D eigenvalue weighted by Gasteiger charge is -2.12. The maximum Gasteiger partial charge on any atom is 0.270 e. The van der Waals surface area contributed by atoms with Crippen molar-refractivity contribution < 1.29 is 14.3 Å². The SMILES string of the molecule is COc1ccccc1CNC(=O)c1ccc(NCC2CCCO2)cn1. The second-order valence-corrected chi connectivity index (χ2v) is 5.94. The molecule has 2 heterocycles. The number of carbonyl (C=O) groups excluding carboxylic acids is 1. The average molecular weight is 341 g/mol. The van der Waals surface area contributed by atoms with Crippen LogP contribution in [0.3, 0.4) is 0 Å². The average Bonchev–Trinajstić information content (AvgIpc) is 3.18. The van der Waals surface area contributed by atoms with Gasteiger partial charge in [0.1, 0.15) is 11.4 Å². The Kier molecular flexibility index (Phi) is 5.85. The van der Waals surface area contributed by atoms with E-state index in [9.17, 15) is 4.79 Å². The summed E-state index contributed by atoms with van der Waals surface area (Å²) in [5, 5.41) is 6.15. The molecule has 0 aliphatic carbocycles. The molecule has 2 aromatic rings. The highest BCUT2D eigenvalue weighted by Gasteiger charge is 2.15. The van der Waals surface area contributed by atoms with E-state index in [-0.39, 0.29) is 12.0 Å². The van der Waals surface area contributed by atoms with Gasteiger partial charge in [0.05, 0.1) is 25.1 Å². The van der Waals surface area contributed by atoms with Crippen LogP contribution in [0.15, 0.2) is 42.6 Å². The number of carbonyl (C=O) groups is 1. The lowest BCUT2D eigenvalue weighted by Crippen LogP contribution is -2.24. The molecule has 1 aliphatic heterocycles. The molecule has 3 rings (SSSR count). The Bertz CT molecular complexity index is 697. The lowest BCUT2D eigenvalue weighted by atomic mass is 10.2. The molecular formula is C19H23N3O3. The number of nitrogens with one attached hydrogen (secondary N) is 2. The predicted octanol–water partition coefficient (Wildman–Crippen LogP) is 2.61. The minimum atomic E-state index is -0.211. The molecule has 0 saturated carbocycles. The summed E-state index contributed by atoms with van der Waals surface area (Å²) in [4.78, 5) is 16.5. The van der Waals surface area contributed by atoms with E-state index in [0.29, 0.717) is 12.2 Å². The summed E-state index contributed by atoms with van der Waals surface area (Å²) in [5.41, 5.74) is 2.20. The number of amides is 1. The Morgan fingerprint density at radius 2 is 2.20 bits per heavy atom. The largest absolute Gasteiger partial charge is 0.496 e. The standard InChI is InChI=1S/C19H23N3O3/c1-24-18-7-3-2-5-14(18)11-22-19(23)17-9-8-15(12-21-17)20-13-16-6-4-10-25-16/h2-3,5,7-9,12,16,20H,4,6,10-11,13H2,1H3,(H,22,23). The molecule has 0 spiro atoms. The number of anilines is 1. The van der Waals surface area contributed by atoms with Crippen LogP contribution in [-0.2, 0) is 11.3 Å². The van der Waals surface area contributed by atoms with Crippen LogP contribution in [0.25, 0.3) is 0 Å². The third kappa shape index (κ3) is 4.70. The number of aromatic nitrogens is 1. The van der Waals surface area contributed by atoms with Crippen molar-refractivity contribution in [3.63, 3.8) is 0 Å². The molecule has 0 bridgehead atoms. The van der Waals surface area contributed by atoms with Gasteiger partial charge in [-0.2, -0.15) is 0 Å². The number of methoxy groups -OCH3 is 1. The number of nitrogens with zero attached hydrogens (tertiary/aromatic N) is 1. The number of hydrogen-bond acceptors (Lipinski definition) is 5. The molecule has 1 aromatic carbocycles. The summed E-state index contributed by atoms with van der Waals surface area (Å²) in [6.45, 7) is 2.00. The maximum absolute atomic E-state index is 12.2. The third-order valence-electron chi connectivity index (χ3n) is 4.19. The number of ether oxygens (including phenoxy) is 2. The van der Waals surface area contributed by atoms with E-state index in [1.807, 2.05) is 30.3 Å². The van der Waals surface area contributed by atoms with Crippen molar-refractivity contribution in [2.75, 3.05) is 25.6 Å². The minimum absolute atomic E-state index is 0.211. The van der Waals surface area contributed by atoms with Crippen LogP contribution >= 0.6 is 0 Å². The van der Waals surface area contributed by atoms with Crippen LogP contribution in [0.2, 0.25) is 0 Å². The Balaban J connectivity index is 1.51. The van der Waals surface area contributed by atoms with E-state index < -0.39 is 0 Å². The van der Waals surface area contributed by atoms with Gasteiger partial charge in [0.15, 0.2) is 0 Å². The molecule has 6 nitrogen and oxygen atoms in total. The summed E-state index contributed by atoms with van der Waals surface area (Å²) in [6.07, 6.45) is 4.15. The second-order valence-electron chi connectivity index (χ2n) is 5.94. The summed E-state index contributed by atoms with van der Waals surface area (Å²) in [5.74, 6) is 0.543. The van der Waals surface area contributed by atoms with E-state index in [0.717, 1.165) is 43.0 Å². The molecule has 25 heavy (non-hydrogen) atoms. The van der Waals surface area contributed by atoms with Gasteiger partial charge in [-0.25, -0.2) is 4.98 Å². The molecule has 1 atom stereocenters. The summed E-state index contributed by atoms with van der Waals surface area (Å²) in [6, 6.07) is 11.2. The maximum atomic E-state index is 12.2. The van der Waals surface area contributed by atoms with Crippen molar-refractivity contribution >= 4 is 11.6 Å². The highest BCUT2D eigenvalue weighted by Crippen LogP contribution is 2.17. The van der Waals surface area contributed by atoms with Crippen LogP contribution in [-0.4, -0.2) is 37.3 Å². The first-order valence-electron chi connectivity index (χ1n) is 8.48. The van der Waals surface area contributed by atoms with Crippen LogP contribution in [0.1, 0.15) is 28.9 Å². The monoisotopic (exact) mass is 341 g/mol. The first kappa shape index (κ1) is 17.2. The number of hydrogen-bond donors (Lipinski definition) is 2. The lowest BCUT2D eigenvalue weighted by molar-refractivity contribution is 0.0945. The number of benzene rings is 1. The first-order valence-corrected chi connectivity index (χ1v) is 8.48. The van der Waals surface area contributed by atoms with Crippen molar-refractivity contribution in [2.24, 2.45) is 0 Å². The van der Waals surface area contributed by atoms with Gasteiger partial charge < -0.3 is 20.1 Å². The van der Waals surface area contributed by atoms with E-state index in [4.69, 9.17) is 9.47 Å². The van der Waals surface area contributed by atoms with Gasteiger partial charge in [0.25, 0.3) is 5.91 Å². The second kappa shape index (κ2) is 8.48. The summed E-state index contributed by atoms with van der Waals surface area (Å²) >= 11 is 0. The van der Waals surface area contributed by atoms with Gasteiger partial charge in [-0.3, -0.25) is 4.79 Å². The van der Waals surface area contributed by atoms with E-state index in [1.54, 1.807) is 19.4 Å². The Morgan fingerprint density at radius 3 is 2.92 bits per heavy atom. The van der Waals surface area contributed by atoms with Gasteiger partial charge in [0.2, 0.25) is 0 Å². The molecule has 1 aromatic heterocycles. The topological polar surface area (TPSA) is 72.5 Å². The molecule has 1 unspecified atom stereocenters. The zero-order chi connectivity index (χ0) is 17.5. The van der Waals surface area contributed by atoms with E-state index >= 15 is 0 Å². The van der Waals surface area contributed by atoms with Gasteiger partial charge in [-0.15, -0.1) is 0 Å². The van der Waals surface area contributed by atoms with Crippen LogP contribution in [0.4, 0.5) is 5.69 Å². The smallest absolute Gasteiger partial charge is 0.270 e. The number of pyridine rings is 1. The minimum Gasteiger partial charge on any atom is -0.496 e. The van der Waals surface area contributed by atoms with Gasteiger partial charge in [0, 0.05) is 25.3 Å². The molecule has 132 valence electrons. The fourth-order valence-electron chi connectivity index (χ4n) is 2.78. The van der Waals surface area contributed by atoms with E-state index in [2.05, 4.69) is 15.6 Å². The molecule has 2 N–H and O–H groups in total. The van der Waals surface area contributed by atoms with Crippen LogP contribution < -0.4 is 15.4 Å². The number of para-hydroxylation sites is 1. The van der Waals surface area contributed by atoms with E-state index in [1.165, 1.54) is 0 Å². The van der Waals surface area contributed by atoms with Crippen LogP contribution in [0.5, 0.6) is 5.75 Å². The third-order valence-corrected chi connectivity index (χ3v) is 4.19. The molecule has 6 heteroatoms. The predicted molar refractivity (Wildman–Crippen MR) is 95.9 cm³/mol. The molecule has 1 saturated heterocycles. The van der Waals surface area contributed by atoms with Crippen molar-refractivity contribution in [1.29, 1.82) is 0 Å². The Labute approximate surface area is 147 Å². The van der Waals surface area contributed by atoms with Crippen molar-refractivity contribution in [2.45, 2.75) is 25.5 Å². The van der Waals surface area contributed by atoms with Gasteiger partial charge in [-0.1, -0.05) is 18.2 Å². The fraction of sp³-hybridized carbons (Fsp3) is 0.368. The molecule has 1 amide bonds. The quantitative estimate of drug-likeness (QED) is 0.810. The Morgan fingerprint density at radius 1 is 1.32 bits per heavy atom. The first-order chi connectivity index (χ1) is 12.3. The highest BCUT2D eigenvalue weighted by molar-refractivity contribution is 5.92. The molecule has 0 radical (unpaired) electrons. The van der Waals surface area contributed by atoms with Crippen LogP contribution in [0, 0.1) is 0 Å². The molecule has 1 fully saturated rings. The number of rotatable bonds is 7. The normalized spacial score (nSPS) is 16.4. The zero-order valence-electron chi connectivity index (χ0n) is 14.3. The molecule has 1 aliphatic rings. The highest BCUT2D eigenvalue weighted by atomic mass is 16.5. The van der Waals surface area contributed by atoms with Gasteiger partial charge in [-0.05, 0) is 31.0 Å². The van der Waals surface area contributed by atoms with Crippen molar-refractivity contribution in [3.05, 3.63) is 53.9 Å². The van der Waals surface area contributed by atoms with Gasteiger partial charge >= 0.3 is 0 Å².